The number of hydrogen-bond donors (Lipinski definition) is 0. The van der Waals surface area contributed by atoms with E-state index in [9.17, 15) is 4.79 Å². The summed E-state index contributed by atoms with van der Waals surface area (Å²) in [6, 6.07) is 10.5. The molecule has 0 N–H and O–H groups in total. The number of para-hydroxylation sites is 1. The fraction of sp³-hybridized carbons (Fsp3) is 0.421. The van der Waals surface area contributed by atoms with Crippen LogP contribution in [-0.4, -0.2) is 73.3 Å². The lowest BCUT2D eigenvalue weighted by Gasteiger charge is -2.36. The molecule has 1 amide bonds. The predicted molar refractivity (Wildman–Crippen MR) is 99.6 cm³/mol. The first kappa shape index (κ1) is 16.8. The van der Waals surface area contributed by atoms with E-state index in [4.69, 9.17) is 4.74 Å². The van der Waals surface area contributed by atoms with E-state index in [1.807, 2.05) is 6.07 Å². The Labute approximate surface area is 153 Å². The number of amides is 1. The monoisotopic (exact) mass is 353 g/mol. The van der Waals surface area contributed by atoms with Crippen LogP contribution in [0.25, 0.3) is 0 Å². The molecule has 0 radical (unpaired) electrons. The Kier molecular flexibility index (Phi) is 4.97. The van der Waals surface area contributed by atoms with Crippen molar-refractivity contribution in [1.29, 1.82) is 0 Å². The Morgan fingerprint density at radius 1 is 0.846 bits per heavy atom. The van der Waals surface area contributed by atoms with Gasteiger partial charge < -0.3 is 19.4 Å². The smallest absolute Gasteiger partial charge is 0.274 e. The van der Waals surface area contributed by atoms with Crippen LogP contribution in [0.1, 0.15) is 10.5 Å². The Hall–Kier alpha value is -2.67. The van der Waals surface area contributed by atoms with Gasteiger partial charge in [0.1, 0.15) is 11.5 Å². The summed E-state index contributed by atoms with van der Waals surface area (Å²) in [5, 5.41) is 0. The minimum Gasteiger partial charge on any atom is -0.378 e. The van der Waals surface area contributed by atoms with Crippen LogP contribution in [0, 0.1) is 0 Å². The van der Waals surface area contributed by atoms with E-state index in [2.05, 4.69) is 44.0 Å². The molecule has 1 aromatic carbocycles. The summed E-state index contributed by atoms with van der Waals surface area (Å²) >= 11 is 0. The van der Waals surface area contributed by atoms with E-state index in [-0.39, 0.29) is 5.91 Å². The van der Waals surface area contributed by atoms with Gasteiger partial charge in [0.2, 0.25) is 0 Å². The molecule has 7 heteroatoms. The van der Waals surface area contributed by atoms with Gasteiger partial charge in [-0.05, 0) is 12.1 Å². The molecule has 2 aliphatic rings. The normalized spacial score (nSPS) is 18.1. The van der Waals surface area contributed by atoms with Crippen molar-refractivity contribution in [3.63, 3.8) is 0 Å². The maximum Gasteiger partial charge on any atom is 0.274 e. The van der Waals surface area contributed by atoms with Crippen LogP contribution in [-0.2, 0) is 4.74 Å². The van der Waals surface area contributed by atoms with Crippen LogP contribution in [0.2, 0.25) is 0 Å². The lowest BCUT2D eigenvalue weighted by Crippen LogP contribution is -2.47. The highest BCUT2D eigenvalue weighted by molar-refractivity contribution is 5.92. The average molecular weight is 353 g/mol. The topological polar surface area (TPSA) is 61.8 Å². The summed E-state index contributed by atoms with van der Waals surface area (Å²) in [5.74, 6) is 0.762. The molecular formula is C19H23N5O2. The number of anilines is 2. The largest absolute Gasteiger partial charge is 0.378 e. The summed E-state index contributed by atoms with van der Waals surface area (Å²) < 4.78 is 5.28. The minimum atomic E-state index is -0.0683. The maximum atomic E-state index is 12.4. The second-order valence-electron chi connectivity index (χ2n) is 6.47. The molecule has 136 valence electrons. The highest BCUT2D eigenvalue weighted by Gasteiger charge is 2.22. The molecule has 3 heterocycles. The number of ether oxygens (including phenoxy) is 1. The van der Waals surface area contributed by atoms with E-state index in [1.165, 1.54) is 5.69 Å². The van der Waals surface area contributed by atoms with E-state index in [1.54, 1.807) is 17.3 Å². The number of carbonyl (C=O) groups is 1. The lowest BCUT2D eigenvalue weighted by molar-refractivity contribution is 0.0298. The SMILES string of the molecule is O=C(c1cnc(N2CCN(c3ccccc3)CC2)cn1)N1CCOCC1. The zero-order chi connectivity index (χ0) is 17.8. The number of benzene rings is 1. The van der Waals surface area contributed by atoms with Gasteiger partial charge >= 0.3 is 0 Å². The third-order valence-corrected chi connectivity index (χ3v) is 4.88. The van der Waals surface area contributed by atoms with Gasteiger partial charge in [-0.1, -0.05) is 18.2 Å². The zero-order valence-electron chi connectivity index (χ0n) is 14.8. The van der Waals surface area contributed by atoms with Gasteiger partial charge in [-0.25, -0.2) is 9.97 Å². The molecule has 2 saturated heterocycles. The molecule has 0 unspecified atom stereocenters. The second-order valence-corrected chi connectivity index (χ2v) is 6.47. The van der Waals surface area contributed by atoms with Crippen LogP contribution in [0.5, 0.6) is 0 Å². The molecule has 0 atom stereocenters. The number of hydrogen-bond acceptors (Lipinski definition) is 6. The highest BCUT2D eigenvalue weighted by atomic mass is 16.5. The fourth-order valence-electron chi connectivity index (χ4n) is 3.36. The zero-order valence-corrected chi connectivity index (χ0v) is 14.8. The quantitative estimate of drug-likeness (QED) is 0.828. The van der Waals surface area contributed by atoms with Crippen molar-refractivity contribution in [3.05, 3.63) is 48.4 Å². The Morgan fingerprint density at radius 3 is 2.19 bits per heavy atom. The van der Waals surface area contributed by atoms with Gasteiger partial charge in [0.25, 0.3) is 5.91 Å². The number of carbonyl (C=O) groups excluding carboxylic acids is 1. The van der Waals surface area contributed by atoms with Gasteiger partial charge in [-0.3, -0.25) is 4.79 Å². The van der Waals surface area contributed by atoms with Gasteiger partial charge in [-0.15, -0.1) is 0 Å². The lowest BCUT2D eigenvalue weighted by atomic mass is 10.2. The Balaban J connectivity index is 1.36. The van der Waals surface area contributed by atoms with E-state index in [0.29, 0.717) is 32.0 Å². The summed E-state index contributed by atoms with van der Waals surface area (Å²) in [5.41, 5.74) is 1.66. The first-order valence-corrected chi connectivity index (χ1v) is 9.05. The molecule has 2 aromatic rings. The number of rotatable bonds is 3. The van der Waals surface area contributed by atoms with Crippen LogP contribution in [0.4, 0.5) is 11.5 Å². The Bertz CT molecular complexity index is 723. The summed E-state index contributed by atoms with van der Waals surface area (Å²) in [4.78, 5) is 27.6. The maximum absolute atomic E-state index is 12.4. The minimum absolute atomic E-state index is 0.0683. The first-order valence-electron chi connectivity index (χ1n) is 9.05. The fourth-order valence-corrected chi connectivity index (χ4v) is 3.36. The van der Waals surface area contributed by atoms with Crippen LogP contribution < -0.4 is 9.80 Å². The van der Waals surface area contributed by atoms with E-state index in [0.717, 1.165) is 32.0 Å². The second kappa shape index (κ2) is 7.70. The molecule has 2 aliphatic heterocycles. The van der Waals surface area contributed by atoms with Crippen molar-refractivity contribution in [2.75, 3.05) is 62.3 Å². The third kappa shape index (κ3) is 3.62. The number of piperazine rings is 1. The molecule has 0 spiro atoms. The summed E-state index contributed by atoms with van der Waals surface area (Å²) in [7, 11) is 0. The third-order valence-electron chi connectivity index (χ3n) is 4.88. The molecule has 26 heavy (non-hydrogen) atoms. The number of aromatic nitrogens is 2. The van der Waals surface area contributed by atoms with Crippen molar-refractivity contribution in [2.45, 2.75) is 0 Å². The molecule has 1 aromatic heterocycles. The number of morpholine rings is 1. The standard InChI is InChI=1S/C19H23N5O2/c25-19(24-10-12-26-13-11-24)17-14-21-18(15-20-17)23-8-6-22(7-9-23)16-4-2-1-3-5-16/h1-5,14-15H,6-13H2. The van der Waals surface area contributed by atoms with Crippen molar-refractivity contribution in [2.24, 2.45) is 0 Å². The van der Waals surface area contributed by atoms with Crippen LogP contribution >= 0.6 is 0 Å². The molecule has 2 fully saturated rings. The van der Waals surface area contributed by atoms with Crippen molar-refractivity contribution >= 4 is 17.4 Å². The van der Waals surface area contributed by atoms with Crippen molar-refractivity contribution < 1.29 is 9.53 Å². The average Bonchev–Trinajstić information content (AvgIpc) is 2.75. The summed E-state index contributed by atoms with van der Waals surface area (Å²) in [6.07, 6.45) is 3.31. The molecule has 4 rings (SSSR count). The predicted octanol–water partition coefficient (Wildman–Crippen LogP) is 1.28. The Morgan fingerprint density at radius 2 is 1.54 bits per heavy atom. The molecular weight excluding hydrogens is 330 g/mol. The van der Waals surface area contributed by atoms with Gasteiger partial charge in [0, 0.05) is 45.0 Å². The van der Waals surface area contributed by atoms with Crippen molar-refractivity contribution in [3.8, 4) is 0 Å². The summed E-state index contributed by atoms with van der Waals surface area (Å²) in [6.45, 7) is 6.07. The molecule has 0 aliphatic carbocycles. The highest BCUT2D eigenvalue weighted by Crippen LogP contribution is 2.18. The molecule has 7 nitrogen and oxygen atoms in total. The van der Waals surface area contributed by atoms with Gasteiger partial charge in [0.15, 0.2) is 0 Å². The van der Waals surface area contributed by atoms with Crippen molar-refractivity contribution in [1.82, 2.24) is 14.9 Å². The molecule has 0 bridgehead atoms. The van der Waals surface area contributed by atoms with Crippen LogP contribution in [0.3, 0.4) is 0 Å². The van der Waals surface area contributed by atoms with E-state index < -0.39 is 0 Å². The van der Waals surface area contributed by atoms with E-state index >= 15 is 0 Å². The number of nitrogens with zero attached hydrogens (tertiary/aromatic N) is 5. The van der Waals surface area contributed by atoms with Gasteiger partial charge in [0.05, 0.1) is 25.6 Å². The van der Waals surface area contributed by atoms with Gasteiger partial charge in [-0.2, -0.15) is 0 Å². The first-order chi connectivity index (χ1) is 12.8. The molecule has 0 saturated carbocycles. The van der Waals surface area contributed by atoms with Crippen LogP contribution in [0.15, 0.2) is 42.7 Å².